The number of hydrogen-bond acceptors (Lipinski definition) is 5. The summed E-state index contributed by atoms with van der Waals surface area (Å²) in [7, 11) is 0. The van der Waals surface area contributed by atoms with Gasteiger partial charge in [0.2, 0.25) is 0 Å². The summed E-state index contributed by atoms with van der Waals surface area (Å²) in [5.74, 6) is 1.97. The summed E-state index contributed by atoms with van der Waals surface area (Å²) in [6.07, 6.45) is 8.79. The summed E-state index contributed by atoms with van der Waals surface area (Å²) >= 11 is 0. The number of ketones is 1. The zero-order chi connectivity index (χ0) is 29.6. The van der Waals surface area contributed by atoms with Gasteiger partial charge in [-0.25, -0.2) is 0 Å². The molecule has 0 aromatic rings. The molecule has 1 unspecified atom stereocenters. The largest absolute Gasteiger partial charge is 0.462 e. The molecule has 0 bridgehead atoms. The van der Waals surface area contributed by atoms with E-state index < -0.39 is 0 Å². The molecule has 5 aliphatic rings. The Morgan fingerprint density at radius 3 is 2.33 bits per heavy atom. The van der Waals surface area contributed by atoms with Gasteiger partial charge in [0.05, 0.1) is 5.92 Å². The molecule has 0 radical (unpaired) electrons. The summed E-state index contributed by atoms with van der Waals surface area (Å²) < 4.78 is 11.7. The van der Waals surface area contributed by atoms with Gasteiger partial charge >= 0.3 is 11.9 Å². The highest BCUT2D eigenvalue weighted by atomic mass is 16.6. The van der Waals surface area contributed by atoms with Crippen molar-refractivity contribution in [1.82, 2.24) is 0 Å². The van der Waals surface area contributed by atoms with E-state index in [1.54, 1.807) is 0 Å². The molecular weight excluding hydrogens is 500 g/mol. The summed E-state index contributed by atoms with van der Waals surface area (Å²) in [5, 5.41) is 0. The minimum atomic E-state index is -0.305. The molecule has 1 heterocycles. The molecule has 5 rings (SSSR count). The number of hydrogen-bond donors (Lipinski definition) is 0. The first kappa shape index (κ1) is 29.8. The van der Waals surface area contributed by atoms with Crippen LogP contribution in [0.5, 0.6) is 0 Å². The predicted molar refractivity (Wildman–Crippen MR) is 156 cm³/mol. The van der Waals surface area contributed by atoms with Crippen LogP contribution in [0.25, 0.3) is 0 Å². The van der Waals surface area contributed by atoms with Crippen molar-refractivity contribution < 1.29 is 23.9 Å². The SMILES string of the molecule is CC(=O)O[C@H](C[C@H]1[C@H](C)C(=O)O[C@@H]1C)C(C)(C)[C@H]1CC[C@@]2(C)C3=CC(=O)[C@@H]4C[C@H](C)[C@@H](C)C[C@]4(C)C3CC[C@]12C. The van der Waals surface area contributed by atoms with Gasteiger partial charge in [-0.15, -0.1) is 0 Å². The zero-order valence-electron chi connectivity index (χ0n) is 26.8. The van der Waals surface area contributed by atoms with Crippen molar-refractivity contribution >= 4 is 17.7 Å². The average molecular weight is 555 g/mol. The molecule has 0 aromatic carbocycles. The summed E-state index contributed by atoms with van der Waals surface area (Å²) in [4.78, 5) is 38.6. The Labute approximate surface area is 242 Å². The van der Waals surface area contributed by atoms with E-state index in [2.05, 4.69) is 54.5 Å². The molecule has 12 atom stereocenters. The van der Waals surface area contributed by atoms with Crippen LogP contribution in [0.1, 0.15) is 114 Å². The second kappa shape index (κ2) is 9.69. The first-order valence-corrected chi connectivity index (χ1v) is 16.1. The minimum Gasteiger partial charge on any atom is -0.462 e. The van der Waals surface area contributed by atoms with Crippen LogP contribution < -0.4 is 0 Å². The summed E-state index contributed by atoms with van der Waals surface area (Å²) in [5.41, 5.74) is 1.12. The molecule has 4 fully saturated rings. The van der Waals surface area contributed by atoms with Crippen LogP contribution in [0.2, 0.25) is 0 Å². The van der Waals surface area contributed by atoms with Gasteiger partial charge in [0.1, 0.15) is 12.2 Å². The number of allylic oxidation sites excluding steroid dienone is 2. The number of fused-ring (bicyclic) bond motifs is 5. The lowest BCUT2D eigenvalue weighted by atomic mass is 9.42. The monoisotopic (exact) mass is 554 g/mol. The van der Waals surface area contributed by atoms with E-state index in [4.69, 9.17) is 9.47 Å². The van der Waals surface area contributed by atoms with E-state index in [9.17, 15) is 14.4 Å². The lowest BCUT2D eigenvalue weighted by Gasteiger charge is -2.62. The van der Waals surface area contributed by atoms with E-state index in [-0.39, 0.29) is 63.6 Å². The Morgan fingerprint density at radius 1 is 1.05 bits per heavy atom. The standard InChI is InChI=1S/C35H54O5/c1-19-15-27-28(37)17-26-25(33(27,8)18-20(19)2)11-13-35(10)29(12-14-34(26,35)9)32(6,7)30(40-23(5)36)16-24-21(3)31(38)39-22(24)4/h17,19-22,24-25,27,29-30H,11-16,18H2,1-10H3/t19-,20-,21-,22+,24-,25?,27-,29+,30+,33+,34-,35+/m0/s1. The van der Waals surface area contributed by atoms with E-state index in [0.717, 1.165) is 38.5 Å². The maximum atomic E-state index is 13.8. The Bertz CT molecular complexity index is 1110. The smallest absolute Gasteiger partial charge is 0.309 e. The van der Waals surface area contributed by atoms with Crippen LogP contribution in [-0.4, -0.2) is 29.9 Å². The number of cyclic esters (lactones) is 1. The van der Waals surface area contributed by atoms with Gasteiger partial charge in [-0.05, 0) is 97.9 Å². The van der Waals surface area contributed by atoms with Crippen LogP contribution in [0.4, 0.5) is 0 Å². The number of esters is 2. The molecule has 40 heavy (non-hydrogen) atoms. The van der Waals surface area contributed by atoms with Gasteiger partial charge in [-0.2, -0.15) is 0 Å². The van der Waals surface area contributed by atoms with Crippen LogP contribution in [0.3, 0.4) is 0 Å². The highest BCUT2D eigenvalue weighted by molar-refractivity contribution is 5.94. The molecule has 0 aromatic heterocycles. The molecule has 0 amide bonds. The van der Waals surface area contributed by atoms with Crippen molar-refractivity contribution in [1.29, 1.82) is 0 Å². The first-order chi connectivity index (χ1) is 18.5. The van der Waals surface area contributed by atoms with Crippen molar-refractivity contribution in [3.05, 3.63) is 11.6 Å². The fourth-order valence-corrected chi connectivity index (χ4v) is 11.0. The van der Waals surface area contributed by atoms with Gasteiger partial charge < -0.3 is 9.47 Å². The van der Waals surface area contributed by atoms with Gasteiger partial charge in [-0.1, -0.05) is 61.0 Å². The number of ether oxygens (including phenoxy) is 2. The molecule has 3 saturated carbocycles. The van der Waals surface area contributed by atoms with Gasteiger partial charge in [0, 0.05) is 24.2 Å². The Balaban J connectivity index is 1.48. The molecule has 0 N–H and O–H groups in total. The molecule has 4 aliphatic carbocycles. The topological polar surface area (TPSA) is 69.7 Å². The first-order valence-electron chi connectivity index (χ1n) is 16.1. The number of carbonyl (C=O) groups excluding carboxylic acids is 3. The van der Waals surface area contributed by atoms with E-state index >= 15 is 0 Å². The Kier molecular flexibility index (Phi) is 7.23. The average Bonchev–Trinajstić information content (AvgIpc) is 3.27. The molecule has 5 heteroatoms. The highest BCUT2D eigenvalue weighted by Gasteiger charge is 2.67. The zero-order valence-corrected chi connectivity index (χ0v) is 26.8. The van der Waals surface area contributed by atoms with Crippen LogP contribution in [0.15, 0.2) is 11.6 Å². The van der Waals surface area contributed by atoms with Crippen molar-refractivity contribution in [2.24, 2.45) is 63.1 Å². The third kappa shape index (κ3) is 4.17. The van der Waals surface area contributed by atoms with Crippen LogP contribution in [0, 0.1) is 63.1 Å². The molecule has 1 saturated heterocycles. The van der Waals surface area contributed by atoms with Crippen molar-refractivity contribution in [3.63, 3.8) is 0 Å². The second-order valence-corrected chi connectivity index (χ2v) is 16.1. The molecule has 1 aliphatic heterocycles. The maximum absolute atomic E-state index is 13.8. The van der Waals surface area contributed by atoms with Crippen molar-refractivity contribution in [3.8, 4) is 0 Å². The van der Waals surface area contributed by atoms with E-state index in [1.807, 2.05) is 13.8 Å². The quantitative estimate of drug-likeness (QED) is 0.328. The molecular formula is C35H54O5. The Hall–Kier alpha value is -1.65. The molecule has 0 spiro atoms. The third-order valence-electron chi connectivity index (χ3n) is 13.9. The van der Waals surface area contributed by atoms with Gasteiger partial charge in [-0.3, -0.25) is 14.4 Å². The Morgan fingerprint density at radius 2 is 1.73 bits per heavy atom. The van der Waals surface area contributed by atoms with Gasteiger partial charge in [0.15, 0.2) is 5.78 Å². The summed E-state index contributed by atoms with van der Waals surface area (Å²) in [6, 6.07) is 0. The van der Waals surface area contributed by atoms with Crippen molar-refractivity contribution in [2.45, 2.75) is 126 Å². The minimum absolute atomic E-state index is 0.00644. The molecule has 5 nitrogen and oxygen atoms in total. The second-order valence-electron chi connectivity index (χ2n) is 16.1. The third-order valence-corrected chi connectivity index (χ3v) is 13.9. The number of rotatable bonds is 5. The summed E-state index contributed by atoms with van der Waals surface area (Å²) in [6.45, 7) is 22.0. The van der Waals surface area contributed by atoms with Gasteiger partial charge in [0.25, 0.3) is 0 Å². The lowest BCUT2D eigenvalue weighted by molar-refractivity contribution is -0.163. The van der Waals surface area contributed by atoms with E-state index in [1.165, 1.54) is 12.5 Å². The van der Waals surface area contributed by atoms with Crippen molar-refractivity contribution in [2.75, 3.05) is 0 Å². The van der Waals surface area contributed by atoms with Crippen LogP contribution >= 0.6 is 0 Å². The predicted octanol–water partition coefficient (Wildman–Crippen LogP) is 7.56. The normalized spacial score (nSPS) is 47.5. The fourth-order valence-electron chi connectivity index (χ4n) is 11.0. The maximum Gasteiger partial charge on any atom is 0.309 e. The number of carbonyl (C=O) groups is 3. The fraction of sp³-hybridized carbons (Fsp3) is 0.857. The lowest BCUT2D eigenvalue weighted by Crippen LogP contribution is -2.57. The molecule has 224 valence electrons. The van der Waals surface area contributed by atoms with Crippen LogP contribution in [-0.2, 0) is 23.9 Å². The highest BCUT2D eigenvalue weighted by Crippen LogP contribution is 2.73. The van der Waals surface area contributed by atoms with E-state index in [0.29, 0.717) is 35.9 Å².